The number of carbonyl (C=O) groups is 2. The number of carboxylic acids is 1. The minimum atomic E-state index is -1.11. The zero-order chi connectivity index (χ0) is 26.3. The summed E-state index contributed by atoms with van der Waals surface area (Å²) >= 11 is 0. The van der Waals surface area contributed by atoms with Crippen LogP contribution in [0.4, 0.5) is 5.82 Å². The molecule has 1 saturated carbocycles. The molecule has 37 heavy (non-hydrogen) atoms. The molecule has 1 aliphatic heterocycles. The second-order valence-electron chi connectivity index (χ2n) is 9.64. The number of benzene rings is 1. The maximum absolute atomic E-state index is 13.2. The molecule has 2 heterocycles. The fourth-order valence-corrected chi connectivity index (χ4v) is 4.88. The smallest absolute Gasteiger partial charge is 0.326 e. The SMILES string of the molecule is COc1cccc(C#N)c1C1(C(=O)NC(CCOCCCCc2ccc3c(n2)NCCC3)C(=O)O)CC1. The van der Waals surface area contributed by atoms with E-state index >= 15 is 0 Å². The monoisotopic (exact) mass is 506 g/mol. The molecule has 1 aromatic heterocycles. The van der Waals surface area contributed by atoms with E-state index in [1.807, 2.05) is 0 Å². The van der Waals surface area contributed by atoms with Gasteiger partial charge in [-0.2, -0.15) is 5.26 Å². The van der Waals surface area contributed by atoms with Crippen molar-refractivity contribution in [2.75, 3.05) is 32.2 Å². The molecule has 4 rings (SSSR count). The van der Waals surface area contributed by atoms with E-state index in [1.165, 1.54) is 12.7 Å². The van der Waals surface area contributed by atoms with Crippen LogP contribution >= 0.6 is 0 Å². The summed E-state index contributed by atoms with van der Waals surface area (Å²) < 4.78 is 11.1. The average molecular weight is 507 g/mol. The van der Waals surface area contributed by atoms with E-state index in [-0.39, 0.29) is 13.0 Å². The zero-order valence-electron chi connectivity index (χ0n) is 21.2. The number of aliphatic carboxylic acids is 1. The van der Waals surface area contributed by atoms with Gasteiger partial charge in [-0.15, -0.1) is 0 Å². The molecule has 1 aliphatic carbocycles. The maximum atomic E-state index is 13.2. The van der Waals surface area contributed by atoms with Gasteiger partial charge in [0.05, 0.1) is 24.2 Å². The molecule has 0 bridgehead atoms. The third-order valence-corrected chi connectivity index (χ3v) is 7.11. The van der Waals surface area contributed by atoms with Gasteiger partial charge in [0, 0.05) is 37.4 Å². The first kappa shape index (κ1) is 26.4. The number of amides is 1. The number of nitriles is 1. The van der Waals surface area contributed by atoms with Gasteiger partial charge in [0.2, 0.25) is 5.91 Å². The van der Waals surface area contributed by atoms with Gasteiger partial charge < -0.3 is 25.2 Å². The summed E-state index contributed by atoms with van der Waals surface area (Å²) in [6, 6.07) is 10.4. The summed E-state index contributed by atoms with van der Waals surface area (Å²) in [5.74, 6) is -0.0404. The van der Waals surface area contributed by atoms with Gasteiger partial charge in [-0.25, -0.2) is 9.78 Å². The van der Waals surface area contributed by atoms with Crippen LogP contribution in [0.3, 0.4) is 0 Å². The summed E-state index contributed by atoms with van der Waals surface area (Å²) in [5, 5.41) is 25.2. The highest BCUT2D eigenvalue weighted by Gasteiger charge is 2.54. The summed E-state index contributed by atoms with van der Waals surface area (Å²) in [4.78, 5) is 29.7. The van der Waals surface area contributed by atoms with E-state index in [4.69, 9.17) is 14.5 Å². The van der Waals surface area contributed by atoms with E-state index in [9.17, 15) is 20.0 Å². The lowest BCUT2D eigenvalue weighted by Crippen LogP contribution is -2.46. The first-order chi connectivity index (χ1) is 18.0. The fraction of sp³-hybridized carbons (Fsp3) is 0.500. The standard InChI is InChI=1S/C28H34N4O5/c1-36-23-9-4-6-20(18-29)24(23)28(13-14-28)27(35)32-22(26(33)34)12-17-37-16-3-2-8-21-11-10-19-7-5-15-30-25(19)31-21/h4,6,9-11,22H,2-3,5,7-8,12-17H2,1H3,(H,30,31)(H,32,35)(H,33,34). The van der Waals surface area contributed by atoms with Crippen LogP contribution in [0.25, 0.3) is 0 Å². The van der Waals surface area contributed by atoms with Crippen LogP contribution in [0.5, 0.6) is 5.75 Å². The maximum Gasteiger partial charge on any atom is 0.326 e. The van der Waals surface area contributed by atoms with E-state index in [1.54, 1.807) is 18.2 Å². The fourth-order valence-electron chi connectivity index (χ4n) is 4.88. The lowest BCUT2D eigenvalue weighted by atomic mass is 9.89. The zero-order valence-corrected chi connectivity index (χ0v) is 21.2. The summed E-state index contributed by atoms with van der Waals surface area (Å²) in [7, 11) is 1.49. The number of nitrogens with one attached hydrogen (secondary N) is 2. The summed E-state index contributed by atoms with van der Waals surface area (Å²) in [6.45, 7) is 1.71. The van der Waals surface area contributed by atoms with Crippen LogP contribution in [0.1, 0.15) is 60.9 Å². The molecular formula is C28H34N4O5. The molecule has 0 spiro atoms. The largest absolute Gasteiger partial charge is 0.496 e. The number of nitrogens with zero attached hydrogens (tertiary/aromatic N) is 2. The molecule has 1 unspecified atom stereocenters. The van der Waals surface area contributed by atoms with Gasteiger partial charge in [0.25, 0.3) is 0 Å². The molecule has 196 valence electrons. The lowest BCUT2D eigenvalue weighted by molar-refractivity contribution is -0.142. The number of ether oxygens (including phenoxy) is 2. The molecular weight excluding hydrogens is 472 g/mol. The molecule has 1 amide bonds. The second-order valence-corrected chi connectivity index (χ2v) is 9.64. The third-order valence-electron chi connectivity index (χ3n) is 7.11. The Hall–Kier alpha value is -3.64. The van der Waals surface area contributed by atoms with Gasteiger partial charge >= 0.3 is 5.97 Å². The van der Waals surface area contributed by atoms with Crippen LogP contribution < -0.4 is 15.4 Å². The van der Waals surface area contributed by atoms with Crippen LogP contribution in [-0.4, -0.2) is 54.9 Å². The van der Waals surface area contributed by atoms with Gasteiger partial charge in [-0.1, -0.05) is 12.1 Å². The molecule has 1 aromatic carbocycles. The molecule has 3 N–H and O–H groups in total. The van der Waals surface area contributed by atoms with Crippen molar-refractivity contribution in [2.24, 2.45) is 0 Å². The average Bonchev–Trinajstić information content (AvgIpc) is 3.73. The molecule has 2 aliphatic rings. The number of rotatable bonds is 13. The van der Waals surface area contributed by atoms with Crippen molar-refractivity contribution in [3.63, 3.8) is 0 Å². The Balaban J connectivity index is 1.22. The molecule has 2 aromatic rings. The Morgan fingerprint density at radius 2 is 2.08 bits per heavy atom. The number of unbranched alkanes of at least 4 members (excludes halogenated alkanes) is 1. The molecule has 1 atom stereocenters. The van der Waals surface area contributed by atoms with Crippen molar-refractivity contribution >= 4 is 17.7 Å². The number of aryl methyl sites for hydroxylation is 2. The van der Waals surface area contributed by atoms with E-state index in [0.29, 0.717) is 36.3 Å². The minimum absolute atomic E-state index is 0.159. The van der Waals surface area contributed by atoms with Crippen molar-refractivity contribution in [1.82, 2.24) is 10.3 Å². The predicted molar refractivity (Wildman–Crippen MR) is 138 cm³/mol. The van der Waals surface area contributed by atoms with Crippen molar-refractivity contribution in [3.8, 4) is 11.8 Å². The highest BCUT2D eigenvalue weighted by Crippen LogP contribution is 2.52. The predicted octanol–water partition coefficient (Wildman–Crippen LogP) is 3.35. The molecule has 1 fully saturated rings. The number of aromatic nitrogens is 1. The van der Waals surface area contributed by atoms with Crippen LogP contribution in [0.2, 0.25) is 0 Å². The topological polar surface area (TPSA) is 134 Å². The molecule has 9 heteroatoms. The first-order valence-electron chi connectivity index (χ1n) is 12.9. The van der Waals surface area contributed by atoms with Crippen LogP contribution in [-0.2, 0) is 32.6 Å². The Bertz CT molecular complexity index is 1170. The van der Waals surface area contributed by atoms with E-state index < -0.39 is 23.3 Å². The third kappa shape index (κ3) is 6.20. The van der Waals surface area contributed by atoms with Crippen LogP contribution in [0.15, 0.2) is 30.3 Å². The van der Waals surface area contributed by atoms with Crippen LogP contribution in [0, 0.1) is 11.3 Å². The molecule has 9 nitrogen and oxygen atoms in total. The highest BCUT2D eigenvalue weighted by molar-refractivity contribution is 5.95. The molecule has 0 radical (unpaired) electrons. The second kappa shape index (κ2) is 12.1. The van der Waals surface area contributed by atoms with E-state index in [2.05, 4.69) is 28.8 Å². The summed E-state index contributed by atoms with van der Waals surface area (Å²) in [5.41, 5.74) is 2.29. The minimum Gasteiger partial charge on any atom is -0.496 e. The van der Waals surface area contributed by atoms with Gasteiger partial charge in [-0.3, -0.25) is 4.79 Å². The number of fused-ring (bicyclic) bond motifs is 1. The number of carboxylic acid groups (broad SMARTS) is 1. The van der Waals surface area contributed by atoms with Crippen molar-refractivity contribution in [2.45, 2.75) is 62.8 Å². The Labute approximate surface area is 217 Å². The van der Waals surface area contributed by atoms with Gasteiger partial charge in [0.15, 0.2) is 0 Å². The number of carbonyl (C=O) groups excluding carboxylic acids is 1. The Kier molecular flexibility index (Phi) is 8.62. The quantitative estimate of drug-likeness (QED) is 0.352. The highest BCUT2D eigenvalue weighted by atomic mass is 16.5. The Morgan fingerprint density at radius 3 is 2.81 bits per heavy atom. The number of methoxy groups -OCH3 is 1. The first-order valence-corrected chi connectivity index (χ1v) is 12.9. The van der Waals surface area contributed by atoms with Crippen molar-refractivity contribution in [3.05, 3.63) is 52.7 Å². The Morgan fingerprint density at radius 1 is 1.24 bits per heavy atom. The van der Waals surface area contributed by atoms with Gasteiger partial charge in [0.1, 0.15) is 17.6 Å². The number of pyridine rings is 1. The molecule has 0 saturated heterocycles. The number of hydrogen-bond acceptors (Lipinski definition) is 7. The van der Waals surface area contributed by atoms with Gasteiger partial charge in [-0.05, 0) is 68.7 Å². The number of anilines is 1. The van der Waals surface area contributed by atoms with Crippen molar-refractivity contribution in [1.29, 1.82) is 5.26 Å². The van der Waals surface area contributed by atoms with Crippen molar-refractivity contribution < 1.29 is 24.2 Å². The van der Waals surface area contributed by atoms with E-state index in [0.717, 1.165) is 50.2 Å². The normalized spacial score (nSPS) is 16.0. The number of hydrogen-bond donors (Lipinski definition) is 3. The lowest BCUT2D eigenvalue weighted by Gasteiger charge is -2.22. The summed E-state index contributed by atoms with van der Waals surface area (Å²) in [6.07, 6.45) is 6.07.